The first-order valence-electron chi connectivity index (χ1n) is 7.56. The number of carbonyl (C=O) groups is 1. The van der Waals surface area contributed by atoms with Gasteiger partial charge in [0.1, 0.15) is 0 Å². The molecule has 1 saturated heterocycles. The van der Waals surface area contributed by atoms with Crippen molar-refractivity contribution in [1.29, 1.82) is 0 Å². The molecule has 6 nitrogen and oxygen atoms in total. The molecule has 1 N–H and O–H groups in total. The Morgan fingerprint density at radius 3 is 2.36 bits per heavy atom. The van der Waals surface area contributed by atoms with Gasteiger partial charge in [-0.3, -0.25) is 4.79 Å². The highest BCUT2D eigenvalue weighted by molar-refractivity contribution is 7.89. The lowest BCUT2D eigenvalue weighted by Crippen LogP contribution is -2.49. The van der Waals surface area contributed by atoms with Crippen molar-refractivity contribution in [3.63, 3.8) is 0 Å². The first-order chi connectivity index (χ1) is 10.5. The molecular formula is C15H23N3O3S. The molecule has 1 heterocycles. The molecule has 1 aromatic carbocycles. The normalized spacial score (nSPS) is 17.3. The summed E-state index contributed by atoms with van der Waals surface area (Å²) in [5.74, 6) is 0.127. The van der Waals surface area contributed by atoms with Gasteiger partial charge in [0.05, 0.1) is 5.75 Å². The van der Waals surface area contributed by atoms with E-state index in [4.69, 9.17) is 0 Å². The second-order valence-electron chi connectivity index (χ2n) is 5.31. The Bertz CT molecular complexity index is 581. The van der Waals surface area contributed by atoms with Crippen molar-refractivity contribution >= 4 is 21.6 Å². The average molecular weight is 325 g/mol. The van der Waals surface area contributed by atoms with Gasteiger partial charge in [-0.1, -0.05) is 18.2 Å². The van der Waals surface area contributed by atoms with Crippen LogP contribution in [-0.4, -0.2) is 62.0 Å². The predicted molar refractivity (Wildman–Crippen MR) is 87.2 cm³/mol. The van der Waals surface area contributed by atoms with E-state index in [1.165, 1.54) is 4.31 Å². The summed E-state index contributed by atoms with van der Waals surface area (Å²) in [5.41, 5.74) is 0.798. The minimum absolute atomic E-state index is 0.0187. The number of piperazine rings is 1. The van der Waals surface area contributed by atoms with Crippen LogP contribution in [0, 0.1) is 0 Å². The summed E-state index contributed by atoms with van der Waals surface area (Å²) in [6, 6.07) is 9.37. The van der Waals surface area contributed by atoms with Gasteiger partial charge in [0, 0.05) is 44.8 Å². The molecule has 1 amide bonds. The number of anilines is 1. The highest BCUT2D eigenvalue weighted by Gasteiger charge is 2.25. The van der Waals surface area contributed by atoms with Crippen molar-refractivity contribution in [3.8, 4) is 0 Å². The lowest BCUT2D eigenvalue weighted by atomic mass is 10.3. The molecule has 7 heteroatoms. The number of hydrogen-bond acceptors (Lipinski definition) is 4. The third-order valence-corrected chi connectivity index (χ3v) is 5.68. The third kappa shape index (κ3) is 4.79. The third-order valence-electron chi connectivity index (χ3n) is 3.80. The fourth-order valence-electron chi connectivity index (χ4n) is 2.42. The summed E-state index contributed by atoms with van der Waals surface area (Å²) >= 11 is 0. The van der Waals surface area contributed by atoms with E-state index < -0.39 is 10.0 Å². The molecule has 22 heavy (non-hydrogen) atoms. The average Bonchev–Trinajstić information content (AvgIpc) is 2.54. The molecule has 0 spiro atoms. The van der Waals surface area contributed by atoms with Crippen molar-refractivity contribution < 1.29 is 13.2 Å². The van der Waals surface area contributed by atoms with E-state index >= 15 is 0 Å². The second kappa shape index (κ2) is 7.71. The molecule has 0 radical (unpaired) electrons. The number of benzene rings is 1. The maximum atomic E-state index is 11.9. The molecule has 1 aromatic rings. The second-order valence-corrected chi connectivity index (χ2v) is 7.56. The molecule has 0 unspecified atom stereocenters. The quantitative estimate of drug-likeness (QED) is 0.846. The molecule has 0 bridgehead atoms. The SMILES string of the molecule is CCS(=O)(=O)N1CCN(CCC(=O)Nc2ccccc2)CC1. The Hall–Kier alpha value is -1.44. The maximum Gasteiger partial charge on any atom is 0.225 e. The van der Waals surface area contributed by atoms with Crippen molar-refractivity contribution in [2.24, 2.45) is 0 Å². The number of nitrogens with one attached hydrogen (secondary N) is 1. The summed E-state index contributed by atoms with van der Waals surface area (Å²) in [6.07, 6.45) is 0.412. The van der Waals surface area contributed by atoms with Gasteiger partial charge in [0.15, 0.2) is 0 Å². The Morgan fingerprint density at radius 2 is 1.77 bits per heavy atom. The lowest BCUT2D eigenvalue weighted by molar-refractivity contribution is -0.116. The van der Waals surface area contributed by atoms with Gasteiger partial charge < -0.3 is 10.2 Å². The molecule has 0 atom stereocenters. The molecular weight excluding hydrogens is 302 g/mol. The van der Waals surface area contributed by atoms with Crippen LogP contribution in [0.1, 0.15) is 13.3 Å². The minimum Gasteiger partial charge on any atom is -0.326 e. The molecule has 1 fully saturated rings. The smallest absolute Gasteiger partial charge is 0.225 e. The van der Waals surface area contributed by atoms with Gasteiger partial charge in [-0.2, -0.15) is 4.31 Å². The molecule has 0 aliphatic carbocycles. The molecule has 1 aliphatic rings. The van der Waals surface area contributed by atoms with E-state index in [9.17, 15) is 13.2 Å². The Kier molecular flexibility index (Phi) is 5.93. The summed E-state index contributed by atoms with van der Waals surface area (Å²) in [6.45, 7) is 4.69. The highest BCUT2D eigenvalue weighted by Crippen LogP contribution is 2.09. The first kappa shape index (κ1) is 16.9. The van der Waals surface area contributed by atoms with Gasteiger partial charge in [-0.25, -0.2) is 8.42 Å². The number of sulfonamides is 1. The van der Waals surface area contributed by atoms with Gasteiger partial charge in [0.2, 0.25) is 15.9 Å². The van der Waals surface area contributed by atoms with E-state index in [1.54, 1.807) is 6.92 Å². The predicted octanol–water partition coefficient (Wildman–Crippen LogP) is 0.982. The fourth-order valence-corrected chi connectivity index (χ4v) is 3.50. The van der Waals surface area contributed by atoms with Crippen LogP contribution < -0.4 is 5.32 Å². The van der Waals surface area contributed by atoms with E-state index in [-0.39, 0.29) is 11.7 Å². The van der Waals surface area contributed by atoms with Gasteiger partial charge in [-0.15, -0.1) is 0 Å². The number of carbonyl (C=O) groups excluding carboxylic acids is 1. The molecule has 1 aliphatic heterocycles. The van der Waals surface area contributed by atoms with Crippen molar-refractivity contribution in [1.82, 2.24) is 9.21 Å². The summed E-state index contributed by atoms with van der Waals surface area (Å²) in [5, 5.41) is 2.85. The molecule has 0 saturated carbocycles. The Balaban J connectivity index is 1.72. The fraction of sp³-hybridized carbons (Fsp3) is 0.533. The standard InChI is InChI=1S/C15H23N3O3S/c1-2-22(20,21)18-12-10-17(11-13-18)9-8-15(19)16-14-6-4-3-5-7-14/h3-7H,2,8-13H2,1H3,(H,16,19). The zero-order valence-corrected chi connectivity index (χ0v) is 13.7. The first-order valence-corrected chi connectivity index (χ1v) is 9.17. The van der Waals surface area contributed by atoms with Crippen LogP contribution in [0.5, 0.6) is 0 Å². The Labute approximate surface area is 132 Å². The van der Waals surface area contributed by atoms with Crippen LogP contribution in [0.15, 0.2) is 30.3 Å². The van der Waals surface area contributed by atoms with Crippen molar-refractivity contribution in [3.05, 3.63) is 30.3 Å². The highest BCUT2D eigenvalue weighted by atomic mass is 32.2. The van der Waals surface area contributed by atoms with Crippen molar-refractivity contribution in [2.45, 2.75) is 13.3 Å². The number of para-hydroxylation sites is 1. The van der Waals surface area contributed by atoms with Gasteiger partial charge >= 0.3 is 0 Å². The monoisotopic (exact) mass is 325 g/mol. The largest absolute Gasteiger partial charge is 0.326 e. The maximum absolute atomic E-state index is 11.9. The van der Waals surface area contributed by atoms with Crippen LogP contribution in [-0.2, 0) is 14.8 Å². The van der Waals surface area contributed by atoms with Gasteiger partial charge in [0.25, 0.3) is 0 Å². The number of rotatable bonds is 6. The van der Waals surface area contributed by atoms with E-state index in [1.807, 2.05) is 30.3 Å². The topological polar surface area (TPSA) is 69.7 Å². The summed E-state index contributed by atoms with van der Waals surface area (Å²) in [7, 11) is -3.09. The van der Waals surface area contributed by atoms with Crippen LogP contribution in [0.3, 0.4) is 0 Å². The van der Waals surface area contributed by atoms with Crippen LogP contribution in [0.25, 0.3) is 0 Å². The van der Waals surface area contributed by atoms with E-state index in [0.29, 0.717) is 39.1 Å². The lowest BCUT2D eigenvalue weighted by Gasteiger charge is -2.33. The zero-order chi connectivity index (χ0) is 16.0. The minimum atomic E-state index is -3.09. The number of nitrogens with zero attached hydrogens (tertiary/aromatic N) is 2. The van der Waals surface area contributed by atoms with E-state index in [0.717, 1.165) is 5.69 Å². The van der Waals surface area contributed by atoms with Crippen LogP contribution >= 0.6 is 0 Å². The molecule has 2 rings (SSSR count). The van der Waals surface area contributed by atoms with Crippen LogP contribution in [0.2, 0.25) is 0 Å². The van der Waals surface area contributed by atoms with E-state index in [2.05, 4.69) is 10.2 Å². The zero-order valence-electron chi connectivity index (χ0n) is 12.9. The van der Waals surface area contributed by atoms with Crippen LogP contribution in [0.4, 0.5) is 5.69 Å². The van der Waals surface area contributed by atoms with Crippen molar-refractivity contribution in [2.75, 3.05) is 43.8 Å². The summed E-state index contributed by atoms with van der Waals surface area (Å²) < 4.78 is 25.1. The number of hydrogen-bond donors (Lipinski definition) is 1. The molecule has 0 aromatic heterocycles. The molecule has 122 valence electrons. The van der Waals surface area contributed by atoms with Gasteiger partial charge in [-0.05, 0) is 19.1 Å². The Morgan fingerprint density at radius 1 is 1.14 bits per heavy atom. The summed E-state index contributed by atoms with van der Waals surface area (Å²) in [4.78, 5) is 14.0. The number of amides is 1.